The standard InChI is InChI=1S/C12H9F4N3O3S2/c13-8-2-1-6(3-7(8)12(14,15)16)24(21,22)19-11(20)9-5-23-10(4-17)18-9/h1-3,5H,4,17H2,(H,19,20). The summed E-state index contributed by atoms with van der Waals surface area (Å²) < 4.78 is 76.7. The Hall–Kier alpha value is -2.05. The van der Waals surface area contributed by atoms with Crippen LogP contribution in [0.25, 0.3) is 0 Å². The van der Waals surface area contributed by atoms with Crippen LogP contribution in [0.3, 0.4) is 0 Å². The van der Waals surface area contributed by atoms with Gasteiger partial charge in [-0.15, -0.1) is 11.3 Å². The number of hydrogen-bond donors (Lipinski definition) is 2. The molecule has 0 saturated heterocycles. The third kappa shape index (κ3) is 3.88. The second-order valence-electron chi connectivity index (χ2n) is 4.40. The van der Waals surface area contributed by atoms with Crippen molar-refractivity contribution in [2.24, 2.45) is 5.73 Å². The summed E-state index contributed by atoms with van der Waals surface area (Å²) >= 11 is 1.02. The molecule has 1 aromatic carbocycles. The van der Waals surface area contributed by atoms with Gasteiger partial charge in [-0.05, 0) is 18.2 Å². The van der Waals surface area contributed by atoms with Crippen molar-refractivity contribution in [3.8, 4) is 0 Å². The van der Waals surface area contributed by atoms with Gasteiger partial charge < -0.3 is 5.73 Å². The van der Waals surface area contributed by atoms with Crippen molar-refractivity contribution in [3.05, 3.63) is 45.7 Å². The van der Waals surface area contributed by atoms with E-state index in [1.165, 1.54) is 5.38 Å². The number of nitrogens with two attached hydrogens (primary N) is 1. The number of nitrogens with one attached hydrogen (secondary N) is 1. The zero-order valence-corrected chi connectivity index (χ0v) is 13.2. The number of hydrogen-bond acceptors (Lipinski definition) is 6. The van der Waals surface area contributed by atoms with Gasteiger partial charge in [0.15, 0.2) is 0 Å². The van der Waals surface area contributed by atoms with Crippen LogP contribution in [0, 0.1) is 5.82 Å². The third-order valence-corrected chi connectivity index (χ3v) is 4.94. The van der Waals surface area contributed by atoms with Crippen molar-refractivity contribution in [2.45, 2.75) is 17.6 Å². The molecule has 0 radical (unpaired) electrons. The van der Waals surface area contributed by atoms with E-state index >= 15 is 0 Å². The summed E-state index contributed by atoms with van der Waals surface area (Å²) in [4.78, 5) is 14.7. The number of carbonyl (C=O) groups is 1. The molecule has 3 N–H and O–H groups in total. The molecular weight excluding hydrogens is 374 g/mol. The number of aromatic nitrogens is 1. The Morgan fingerprint density at radius 1 is 1.33 bits per heavy atom. The molecule has 1 aromatic heterocycles. The lowest BCUT2D eigenvalue weighted by molar-refractivity contribution is -0.140. The fraction of sp³-hybridized carbons (Fsp3) is 0.167. The Bertz CT molecular complexity index is 878. The summed E-state index contributed by atoms with van der Waals surface area (Å²) in [7, 11) is -4.64. The number of alkyl halides is 3. The number of benzene rings is 1. The molecule has 0 aliphatic heterocycles. The summed E-state index contributed by atoms with van der Waals surface area (Å²) in [5.74, 6) is -2.76. The SMILES string of the molecule is NCc1nc(C(=O)NS(=O)(=O)c2ccc(F)c(C(F)(F)F)c2)cs1. The highest BCUT2D eigenvalue weighted by Gasteiger charge is 2.35. The molecule has 0 fully saturated rings. The molecule has 6 nitrogen and oxygen atoms in total. The van der Waals surface area contributed by atoms with Crippen LogP contribution in [-0.2, 0) is 22.7 Å². The third-order valence-electron chi connectivity index (χ3n) is 2.74. The van der Waals surface area contributed by atoms with Crippen LogP contribution in [0.2, 0.25) is 0 Å². The van der Waals surface area contributed by atoms with Gasteiger partial charge in [-0.1, -0.05) is 0 Å². The van der Waals surface area contributed by atoms with E-state index in [9.17, 15) is 30.8 Å². The fourth-order valence-electron chi connectivity index (χ4n) is 1.63. The molecule has 12 heteroatoms. The van der Waals surface area contributed by atoms with Gasteiger partial charge in [-0.25, -0.2) is 22.5 Å². The first-order chi connectivity index (χ1) is 11.0. The highest BCUT2D eigenvalue weighted by atomic mass is 32.2. The van der Waals surface area contributed by atoms with Crippen LogP contribution < -0.4 is 10.5 Å². The minimum absolute atomic E-state index is 0.0393. The van der Waals surface area contributed by atoms with Gasteiger partial charge in [-0.2, -0.15) is 13.2 Å². The molecule has 1 heterocycles. The van der Waals surface area contributed by atoms with E-state index in [1.54, 1.807) is 4.72 Å². The molecule has 0 atom stereocenters. The first-order valence-electron chi connectivity index (χ1n) is 6.13. The van der Waals surface area contributed by atoms with E-state index in [4.69, 9.17) is 5.73 Å². The zero-order valence-electron chi connectivity index (χ0n) is 11.6. The summed E-state index contributed by atoms with van der Waals surface area (Å²) in [6.07, 6.45) is -5.08. The lowest BCUT2D eigenvalue weighted by atomic mass is 10.2. The number of amides is 1. The number of nitrogens with zero attached hydrogens (tertiary/aromatic N) is 1. The van der Waals surface area contributed by atoms with Crippen LogP contribution in [0.4, 0.5) is 17.6 Å². The molecular formula is C12H9F4N3O3S2. The monoisotopic (exact) mass is 383 g/mol. The molecule has 0 spiro atoms. The lowest BCUT2D eigenvalue weighted by Gasteiger charge is -2.11. The smallest absolute Gasteiger partial charge is 0.325 e. The number of rotatable bonds is 4. The van der Waals surface area contributed by atoms with Crippen LogP contribution in [0.15, 0.2) is 28.5 Å². The summed E-state index contributed by atoms with van der Waals surface area (Å²) in [5.41, 5.74) is 3.31. The second kappa shape index (κ2) is 6.45. The Balaban J connectivity index is 2.32. The van der Waals surface area contributed by atoms with Crippen LogP contribution in [0.5, 0.6) is 0 Å². The van der Waals surface area contributed by atoms with Crippen LogP contribution >= 0.6 is 11.3 Å². The lowest BCUT2D eigenvalue weighted by Crippen LogP contribution is -2.31. The molecule has 0 saturated carbocycles. The van der Waals surface area contributed by atoms with E-state index in [0.29, 0.717) is 17.1 Å². The zero-order chi connectivity index (χ0) is 18.1. The second-order valence-corrected chi connectivity index (χ2v) is 7.03. The van der Waals surface area contributed by atoms with Crippen molar-refractivity contribution < 1.29 is 30.8 Å². The summed E-state index contributed by atoms with van der Waals surface area (Å²) in [6, 6.07) is 1.08. The fourth-order valence-corrected chi connectivity index (χ4v) is 3.27. The van der Waals surface area contributed by atoms with Crippen molar-refractivity contribution >= 4 is 27.3 Å². The number of thiazole rings is 1. The quantitative estimate of drug-likeness (QED) is 0.785. The van der Waals surface area contributed by atoms with Gasteiger partial charge in [0.2, 0.25) is 0 Å². The van der Waals surface area contributed by atoms with Gasteiger partial charge in [0.05, 0.1) is 10.5 Å². The van der Waals surface area contributed by atoms with Gasteiger partial charge in [-0.3, -0.25) is 4.79 Å². The predicted octanol–water partition coefficient (Wildman–Crippen LogP) is 1.88. The van der Waals surface area contributed by atoms with E-state index in [2.05, 4.69) is 4.98 Å². The largest absolute Gasteiger partial charge is 0.419 e. The van der Waals surface area contributed by atoms with Gasteiger partial charge in [0, 0.05) is 11.9 Å². The molecule has 1 amide bonds. The maximum absolute atomic E-state index is 13.2. The van der Waals surface area contributed by atoms with E-state index in [0.717, 1.165) is 11.3 Å². The molecule has 0 bridgehead atoms. The minimum atomic E-state index is -5.08. The Kier molecular flexibility index (Phi) is 4.92. The highest BCUT2D eigenvalue weighted by Crippen LogP contribution is 2.32. The summed E-state index contributed by atoms with van der Waals surface area (Å²) in [6.45, 7) is 0.0393. The summed E-state index contributed by atoms with van der Waals surface area (Å²) in [5, 5.41) is 1.62. The molecule has 0 unspecified atom stereocenters. The Morgan fingerprint density at radius 3 is 2.54 bits per heavy atom. The van der Waals surface area contributed by atoms with E-state index in [-0.39, 0.29) is 18.3 Å². The maximum atomic E-state index is 13.2. The highest BCUT2D eigenvalue weighted by molar-refractivity contribution is 7.90. The minimum Gasteiger partial charge on any atom is -0.325 e. The van der Waals surface area contributed by atoms with Gasteiger partial charge in [0.25, 0.3) is 15.9 Å². The normalized spacial score (nSPS) is 12.2. The molecule has 24 heavy (non-hydrogen) atoms. The van der Waals surface area contributed by atoms with E-state index in [1.807, 2.05) is 0 Å². The van der Waals surface area contributed by atoms with Crippen molar-refractivity contribution in [2.75, 3.05) is 0 Å². The average molecular weight is 383 g/mol. The topological polar surface area (TPSA) is 102 Å². The Labute approximate surface area is 137 Å². The molecule has 0 aliphatic rings. The number of halogens is 4. The molecule has 0 aliphatic carbocycles. The van der Waals surface area contributed by atoms with Gasteiger partial charge >= 0.3 is 6.18 Å². The Morgan fingerprint density at radius 2 is 2.00 bits per heavy atom. The van der Waals surface area contributed by atoms with Crippen molar-refractivity contribution in [1.82, 2.24) is 9.71 Å². The first-order valence-corrected chi connectivity index (χ1v) is 8.49. The van der Waals surface area contributed by atoms with Crippen molar-refractivity contribution in [3.63, 3.8) is 0 Å². The first kappa shape index (κ1) is 18.3. The van der Waals surface area contributed by atoms with Crippen LogP contribution in [-0.4, -0.2) is 19.3 Å². The average Bonchev–Trinajstić information content (AvgIpc) is 2.94. The molecule has 2 aromatic rings. The maximum Gasteiger partial charge on any atom is 0.419 e. The number of sulfonamides is 1. The predicted molar refractivity (Wildman–Crippen MR) is 76.1 cm³/mol. The molecule has 2 rings (SSSR count). The van der Waals surface area contributed by atoms with Crippen molar-refractivity contribution in [1.29, 1.82) is 0 Å². The van der Waals surface area contributed by atoms with E-state index < -0.39 is 38.4 Å². The van der Waals surface area contributed by atoms with Crippen LogP contribution in [0.1, 0.15) is 21.1 Å². The number of carbonyl (C=O) groups excluding carboxylic acids is 1. The van der Waals surface area contributed by atoms with Gasteiger partial charge in [0.1, 0.15) is 16.5 Å². The molecule has 130 valence electrons.